The summed E-state index contributed by atoms with van der Waals surface area (Å²) in [4.78, 5) is 31.8. The second-order valence-corrected chi connectivity index (χ2v) is 14.2. The van der Waals surface area contributed by atoms with Crippen LogP contribution in [0.1, 0.15) is 69.4 Å². The maximum absolute atomic E-state index is 13.9. The molecular weight excluding hydrogens is 667 g/mol. The predicted octanol–water partition coefficient (Wildman–Crippen LogP) is 8.81. The molecule has 3 heterocycles. The second-order valence-electron chi connectivity index (χ2n) is 14.2. The molecule has 13 heteroatoms. The van der Waals surface area contributed by atoms with Crippen molar-refractivity contribution in [1.29, 1.82) is 0 Å². The van der Waals surface area contributed by atoms with Crippen LogP contribution >= 0.6 is 0 Å². The van der Waals surface area contributed by atoms with Gasteiger partial charge in [0.2, 0.25) is 5.88 Å². The Balaban J connectivity index is 1.41. The number of amides is 1. The van der Waals surface area contributed by atoms with Crippen molar-refractivity contribution in [2.45, 2.75) is 85.1 Å². The van der Waals surface area contributed by atoms with Crippen molar-refractivity contribution in [1.82, 2.24) is 14.5 Å². The number of ether oxygens (including phenoxy) is 5. The first kappa shape index (κ1) is 37.1. The topological polar surface area (TPSA) is 101 Å². The molecule has 2 aromatic heterocycles. The van der Waals surface area contributed by atoms with E-state index in [1.165, 1.54) is 12.3 Å². The fourth-order valence-corrected chi connectivity index (χ4v) is 5.32. The Bertz CT molecular complexity index is 1870. The Morgan fingerprint density at radius 3 is 2.10 bits per heavy atom. The number of benzene rings is 2. The van der Waals surface area contributed by atoms with Crippen molar-refractivity contribution in [3.63, 3.8) is 0 Å². The lowest BCUT2D eigenvalue weighted by Crippen LogP contribution is -2.39. The summed E-state index contributed by atoms with van der Waals surface area (Å²) in [6.45, 7) is 11.5. The van der Waals surface area contributed by atoms with E-state index in [0.717, 1.165) is 32.9 Å². The maximum atomic E-state index is 13.9. The molecule has 0 atom stereocenters. The molecular formula is C38H42F3N3O7. The number of aromatic nitrogens is 2. The first-order chi connectivity index (χ1) is 23.9. The van der Waals surface area contributed by atoms with Crippen LogP contribution in [0.3, 0.4) is 0 Å². The number of fused-ring (bicyclic) bond motifs is 1. The maximum Gasteiger partial charge on any atom is 0.419 e. The van der Waals surface area contributed by atoms with Crippen LogP contribution in [0, 0.1) is 0 Å². The van der Waals surface area contributed by atoms with E-state index < -0.39 is 29.0 Å². The quantitative estimate of drug-likeness (QED) is 0.179. The Morgan fingerprint density at radius 1 is 0.804 bits per heavy atom. The third-order valence-corrected chi connectivity index (χ3v) is 7.73. The number of alkyl halides is 3. The van der Waals surface area contributed by atoms with Gasteiger partial charge >= 0.3 is 18.4 Å². The first-order valence-corrected chi connectivity index (χ1v) is 16.4. The zero-order chi connectivity index (χ0) is 37.1. The van der Waals surface area contributed by atoms with Gasteiger partial charge in [0, 0.05) is 31.5 Å². The molecule has 5 rings (SSSR count). The number of hydrogen-bond donors (Lipinski definition) is 0. The molecule has 0 unspecified atom stereocenters. The van der Waals surface area contributed by atoms with Crippen LogP contribution in [0.25, 0.3) is 11.3 Å². The number of carbonyl (C=O) groups excluding carboxylic acids is 2. The van der Waals surface area contributed by atoms with Gasteiger partial charge in [-0.1, -0.05) is 30.3 Å². The SMILES string of the molecule is COc1ccc(COc2cc(OCc3ccc4c(c3)CCN(C(=O)OC(C)(C)C)C4)ncc2-c2cc(C(F)(F)F)cn2C(=O)OC(C)(C)C)cc1. The molecule has 0 bridgehead atoms. The van der Waals surface area contributed by atoms with Gasteiger partial charge in [0.1, 0.15) is 35.9 Å². The van der Waals surface area contributed by atoms with Crippen LogP contribution in [0.15, 0.2) is 67.0 Å². The summed E-state index contributed by atoms with van der Waals surface area (Å²) < 4.78 is 70.9. The Hall–Kier alpha value is -5.20. The van der Waals surface area contributed by atoms with Crippen molar-refractivity contribution in [2.24, 2.45) is 0 Å². The smallest absolute Gasteiger partial charge is 0.419 e. The first-order valence-electron chi connectivity index (χ1n) is 16.4. The molecule has 0 fully saturated rings. The van der Waals surface area contributed by atoms with Crippen molar-refractivity contribution < 1.29 is 46.4 Å². The summed E-state index contributed by atoms with van der Waals surface area (Å²) in [6.07, 6.45) is -3.41. The molecule has 0 spiro atoms. The Kier molecular flexibility index (Phi) is 10.6. The van der Waals surface area contributed by atoms with Gasteiger partial charge in [-0.15, -0.1) is 0 Å². The van der Waals surface area contributed by atoms with Crippen LogP contribution in [0.5, 0.6) is 17.4 Å². The van der Waals surface area contributed by atoms with Crippen molar-refractivity contribution >= 4 is 12.2 Å². The lowest BCUT2D eigenvalue weighted by atomic mass is 9.97. The Morgan fingerprint density at radius 2 is 1.45 bits per heavy atom. The molecule has 1 aliphatic rings. The number of halogens is 3. The van der Waals surface area contributed by atoms with Crippen LogP contribution in [-0.4, -0.2) is 51.5 Å². The van der Waals surface area contributed by atoms with Gasteiger partial charge in [-0.05, 0) is 88.4 Å². The molecule has 0 saturated carbocycles. The van der Waals surface area contributed by atoms with E-state index in [0.29, 0.717) is 31.5 Å². The predicted molar refractivity (Wildman–Crippen MR) is 183 cm³/mol. The van der Waals surface area contributed by atoms with Crippen molar-refractivity contribution in [3.05, 3.63) is 94.8 Å². The molecule has 4 aromatic rings. The molecule has 2 aromatic carbocycles. The van der Waals surface area contributed by atoms with E-state index in [-0.39, 0.29) is 42.2 Å². The monoisotopic (exact) mass is 709 g/mol. The number of nitrogens with zero attached hydrogens (tertiary/aromatic N) is 3. The van der Waals surface area contributed by atoms with E-state index in [1.807, 2.05) is 39.0 Å². The largest absolute Gasteiger partial charge is 0.497 e. The lowest BCUT2D eigenvalue weighted by molar-refractivity contribution is -0.137. The lowest BCUT2D eigenvalue weighted by Gasteiger charge is -2.31. The zero-order valence-corrected chi connectivity index (χ0v) is 29.7. The van der Waals surface area contributed by atoms with E-state index in [9.17, 15) is 22.8 Å². The van der Waals surface area contributed by atoms with E-state index in [4.69, 9.17) is 23.7 Å². The van der Waals surface area contributed by atoms with Crippen molar-refractivity contribution in [3.8, 4) is 28.6 Å². The number of methoxy groups -OCH3 is 1. The van der Waals surface area contributed by atoms with Gasteiger partial charge in [0.25, 0.3) is 0 Å². The highest BCUT2D eigenvalue weighted by molar-refractivity contribution is 5.81. The zero-order valence-electron chi connectivity index (χ0n) is 29.7. The van der Waals surface area contributed by atoms with Crippen LogP contribution in [0.4, 0.5) is 22.8 Å². The Labute approximate surface area is 295 Å². The molecule has 51 heavy (non-hydrogen) atoms. The van der Waals surface area contributed by atoms with E-state index in [2.05, 4.69) is 4.98 Å². The number of carbonyl (C=O) groups is 2. The molecule has 0 saturated heterocycles. The third kappa shape index (κ3) is 9.74. The van der Waals surface area contributed by atoms with Gasteiger partial charge in [0.05, 0.1) is 23.9 Å². The number of hydrogen-bond acceptors (Lipinski definition) is 8. The van der Waals surface area contributed by atoms with Gasteiger partial charge < -0.3 is 28.6 Å². The van der Waals surface area contributed by atoms with Gasteiger partial charge in [-0.25, -0.2) is 14.6 Å². The highest BCUT2D eigenvalue weighted by atomic mass is 19.4. The average molecular weight is 710 g/mol. The fraction of sp³-hybridized carbons (Fsp3) is 0.395. The van der Waals surface area contributed by atoms with E-state index in [1.54, 1.807) is 57.0 Å². The summed E-state index contributed by atoms with van der Waals surface area (Å²) in [5, 5.41) is 0. The highest BCUT2D eigenvalue weighted by Gasteiger charge is 2.35. The fourth-order valence-electron chi connectivity index (χ4n) is 5.32. The minimum Gasteiger partial charge on any atom is -0.497 e. The van der Waals surface area contributed by atoms with Crippen LogP contribution in [-0.2, 0) is 41.8 Å². The summed E-state index contributed by atoms with van der Waals surface area (Å²) in [6, 6.07) is 15.3. The summed E-state index contributed by atoms with van der Waals surface area (Å²) >= 11 is 0. The molecule has 10 nitrogen and oxygen atoms in total. The van der Waals surface area contributed by atoms with Gasteiger partial charge in [-0.2, -0.15) is 13.2 Å². The third-order valence-electron chi connectivity index (χ3n) is 7.73. The highest BCUT2D eigenvalue weighted by Crippen LogP contribution is 2.39. The minimum atomic E-state index is -4.73. The van der Waals surface area contributed by atoms with Crippen molar-refractivity contribution in [2.75, 3.05) is 13.7 Å². The molecule has 1 amide bonds. The number of pyridine rings is 1. The van der Waals surface area contributed by atoms with E-state index >= 15 is 0 Å². The molecule has 0 N–H and O–H groups in total. The average Bonchev–Trinajstić information content (AvgIpc) is 3.51. The summed E-state index contributed by atoms with van der Waals surface area (Å²) in [5.74, 6) is 0.945. The molecule has 1 aliphatic heterocycles. The summed E-state index contributed by atoms with van der Waals surface area (Å²) in [7, 11) is 1.55. The summed E-state index contributed by atoms with van der Waals surface area (Å²) in [5.41, 5.74) is 1.15. The van der Waals surface area contributed by atoms with Gasteiger partial charge in [-0.3, -0.25) is 4.57 Å². The molecule has 0 aliphatic carbocycles. The second kappa shape index (κ2) is 14.6. The standard InChI is InChI=1S/C38H42F3N3O7/c1-36(2,3)50-34(45)43-15-14-26-16-25(8-11-27(26)20-43)23-49-33-18-32(48-22-24-9-12-29(47-7)13-10-24)30(19-42-33)31-17-28(38(39,40)41)21-44(31)35(46)51-37(4,5)6/h8-13,16-19,21H,14-15,20,22-23H2,1-7H3. The van der Waals surface area contributed by atoms with Gasteiger partial charge in [0.15, 0.2) is 0 Å². The minimum absolute atomic E-state index is 0.0465. The normalized spacial score (nSPS) is 13.3. The molecule has 0 radical (unpaired) electrons. The molecule has 272 valence electrons. The number of rotatable bonds is 8. The van der Waals surface area contributed by atoms with Crippen LogP contribution < -0.4 is 14.2 Å². The van der Waals surface area contributed by atoms with Crippen LogP contribution in [0.2, 0.25) is 0 Å².